The molecule has 0 aromatic heterocycles. The molecule has 0 bridgehead atoms. The number of halogens is 4. The number of hydrogen-bond donors (Lipinski definition) is 3. The molecule has 8 nitrogen and oxygen atoms in total. The predicted octanol–water partition coefficient (Wildman–Crippen LogP) is 3.30. The van der Waals surface area contributed by atoms with E-state index in [0.717, 1.165) is 6.07 Å². The van der Waals surface area contributed by atoms with E-state index < -0.39 is 47.8 Å². The van der Waals surface area contributed by atoms with Gasteiger partial charge in [0.25, 0.3) is 5.91 Å². The summed E-state index contributed by atoms with van der Waals surface area (Å²) in [6.07, 6.45) is -4.95. The maximum atomic E-state index is 14.2. The third-order valence-corrected chi connectivity index (χ3v) is 5.46. The molecule has 4 amide bonds. The highest BCUT2D eigenvalue weighted by Crippen LogP contribution is 2.35. The molecule has 3 rings (SSSR count). The van der Waals surface area contributed by atoms with E-state index in [1.54, 1.807) is 6.92 Å². The molecule has 1 aliphatic heterocycles. The molecule has 2 unspecified atom stereocenters. The van der Waals surface area contributed by atoms with Gasteiger partial charge in [-0.2, -0.15) is 13.2 Å². The first-order valence-corrected chi connectivity index (χ1v) is 10.5. The number of carbonyl (C=O) groups excluding carboxylic acids is 3. The van der Waals surface area contributed by atoms with Crippen molar-refractivity contribution in [3.8, 4) is 5.75 Å². The van der Waals surface area contributed by atoms with Crippen molar-refractivity contribution in [1.82, 2.24) is 10.2 Å². The van der Waals surface area contributed by atoms with Crippen LogP contribution in [0, 0.1) is 18.7 Å². The number of nitrogens with one attached hydrogen (secondary N) is 2. The number of anilines is 1. The van der Waals surface area contributed by atoms with Gasteiger partial charge in [0.05, 0.1) is 18.2 Å². The first kappa shape index (κ1) is 25.9. The molecule has 12 heteroatoms. The zero-order valence-electron chi connectivity index (χ0n) is 18.7. The Morgan fingerprint density at radius 1 is 1.20 bits per heavy atom. The first-order chi connectivity index (χ1) is 16.4. The molecular weight excluding hydrogens is 474 g/mol. The molecule has 2 aromatic rings. The summed E-state index contributed by atoms with van der Waals surface area (Å²) in [6.45, 7) is 2.06. The lowest BCUT2D eigenvalue weighted by molar-refractivity contribution is -0.186. The Kier molecular flexibility index (Phi) is 7.64. The second-order valence-electron chi connectivity index (χ2n) is 7.98. The zero-order valence-corrected chi connectivity index (χ0v) is 18.7. The number of hydrogen-bond acceptors (Lipinski definition) is 5. The minimum Gasteiger partial charge on any atom is -0.491 e. The third-order valence-electron chi connectivity index (χ3n) is 5.46. The highest BCUT2D eigenvalue weighted by Gasteiger charge is 2.53. The minimum atomic E-state index is -4.95. The van der Waals surface area contributed by atoms with Gasteiger partial charge < -0.3 is 20.5 Å². The maximum Gasteiger partial charge on any atom is 0.394 e. The second kappa shape index (κ2) is 10.3. The number of amides is 4. The van der Waals surface area contributed by atoms with Crippen LogP contribution in [-0.2, 0) is 9.59 Å². The Bertz CT molecular complexity index is 1110. The summed E-state index contributed by atoms with van der Waals surface area (Å²) in [6, 6.07) is 4.61. The summed E-state index contributed by atoms with van der Waals surface area (Å²) < 4.78 is 60.4. The monoisotopic (exact) mass is 497 g/mol. The van der Waals surface area contributed by atoms with Gasteiger partial charge in [0.2, 0.25) is 5.91 Å². The maximum absolute atomic E-state index is 14.2. The average molecular weight is 497 g/mol. The van der Waals surface area contributed by atoms with E-state index in [1.807, 2.05) is 0 Å². The number of imide groups is 1. The van der Waals surface area contributed by atoms with E-state index >= 15 is 0 Å². The zero-order chi connectivity index (χ0) is 25.9. The highest BCUT2D eigenvalue weighted by molar-refractivity contribution is 6.09. The van der Waals surface area contributed by atoms with Crippen molar-refractivity contribution < 1.29 is 41.8 Å². The molecule has 2 aromatic carbocycles. The van der Waals surface area contributed by atoms with Crippen molar-refractivity contribution in [3.05, 3.63) is 59.4 Å². The normalized spacial score (nSPS) is 17.7. The summed E-state index contributed by atoms with van der Waals surface area (Å²) in [5.41, 5.74) is 0.373. The van der Waals surface area contributed by atoms with Crippen LogP contribution < -0.4 is 15.4 Å². The Balaban J connectivity index is 1.90. The summed E-state index contributed by atoms with van der Waals surface area (Å²) in [5, 5.41) is 13.2. The second-order valence-corrected chi connectivity index (χ2v) is 7.98. The summed E-state index contributed by atoms with van der Waals surface area (Å²) in [4.78, 5) is 38.8. The molecule has 1 heterocycles. The largest absolute Gasteiger partial charge is 0.491 e. The Hall–Kier alpha value is -3.67. The minimum absolute atomic E-state index is 0.0277. The van der Waals surface area contributed by atoms with Crippen molar-refractivity contribution in [3.63, 3.8) is 0 Å². The lowest BCUT2D eigenvalue weighted by atomic mass is 9.97. The van der Waals surface area contributed by atoms with Crippen molar-refractivity contribution in [2.45, 2.75) is 32.1 Å². The first-order valence-electron chi connectivity index (χ1n) is 10.5. The third kappa shape index (κ3) is 5.70. The van der Waals surface area contributed by atoms with Crippen LogP contribution in [0.25, 0.3) is 0 Å². The number of alkyl halides is 3. The van der Waals surface area contributed by atoms with Crippen LogP contribution in [0.1, 0.15) is 24.1 Å². The van der Waals surface area contributed by atoms with Gasteiger partial charge in [-0.1, -0.05) is 25.1 Å². The van der Waals surface area contributed by atoms with Gasteiger partial charge in [-0.25, -0.2) is 14.1 Å². The molecule has 0 saturated carbocycles. The van der Waals surface area contributed by atoms with Gasteiger partial charge in [-0.3, -0.25) is 9.59 Å². The van der Waals surface area contributed by atoms with Crippen LogP contribution in [0.15, 0.2) is 42.5 Å². The molecule has 3 atom stereocenters. The summed E-state index contributed by atoms with van der Waals surface area (Å²) in [5.74, 6) is -5.40. The van der Waals surface area contributed by atoms with Gasteiger partial charge in [-0.15, -0.1) is 0 Å². The number of carbonyl (C=O) groups is 3. The Morgan fingerprint density at radius 3 is 2.43 bits per heavy atom. The topological polar surface area (TPSA) is 108 Å². The van der Waals surface area contributed by atoms with Gasteiger partial charge in [0.15, 0.2) is 0 Å². The number of ether oxygens (including phenoxy) is 1. The number of rotatable bonds is 8. The molecule has 0 aliphatic carbocycles. The number of benzene rings is 2. The van der Waals surface area contributed by atoms with Crippen molar-refractivity contribution >= 4 is 23.5 Å². The molecule has 188 valence electrons. The molecule has 1 saturated heterocycles. The number of urea groups is 1. The van der Waals surface area contributed by atoms with Gasteiger partial charge >= 0.3 is 12.2 Å². The highest BCUT2D eigenvalue weighted by atomic mass is 19.4. The molecule has 35 heavy (non-hydrogen) atoms. The SMILES string of the molecule is Cc1ccc(NC(=O)C(C(C)C(F)(F)F)N2C(=O)N[C@H](c3ccc(OCCO)cc3)C2=O)c(F)c1. The molecule has 1 aliphatic rings. The fourth-order valence-corrected chi connectivity index (χ4v) is 3.58. The van der Waals surface area contributed by atoms with Crippen LogP contribution in [0.5, 0.6) is 5.75 Å². The standard InChI is InChI=1S/C23H23F4N3O5/c1-12-3-8-17(16(24)11-12)28-20(32)19(13(2)23(25,26)27)30-21(33)18(29-22(30)34)14-4-6-15(7-5-14)35-10-9-31/h3-8,11,13,18-19,31H,9-10H2,1-2H3,(H,28,32)(H,29,34)/t13?,18-,19?/m1/s1. The van der Waals surface area contributed by atoms with Crippen LogP contribution in [-0.4, -0.2) is 53.3 Å². The van der Waals surface area contributed by atoms with E-state index in [-0.39, 0.29) is 29.4 Å². The van der Waals surface area contributed by atoms with Crippen LogP contribution in [0.2, 0.25) is 0 Å². The van der Waals surface area contributed by atoms with Crippen LogP contribution in [0.4, 0.5) is 28.0 Å². The van der Waals surface area contributed by atoms with Crippen molar-refractivity contribution in [2.75, 3.05) is 18.5 Å². The number of aliphatic hydroxyl groups is 1. The van der Waals surface area contributed by atoms with E-state index in [0.29, 0.717) is 18.2 Å². The molecule has 3 N–H and O–H groups in total. The fourth-order valence-electron chi connectivity index (χ4n) is 3.58. The molecule has 1 fully saturated rings. The number of aliphatic hydroxyl groups excluding tert-OH is 1. The van der Waals surface area contributed by atoms with Gasteiger partial charge in [0, 0.05) is 0 Å². The number of nitrogens with zero attached hydrogens (tertiary/aromatic N) is 1. The van der Waals surface area contributed by atoms with Crippen molar-refractivity contribution in [2.24, 2.45) is 5.92 Å². The summed E-state index contributed by atoms with van der Waals surface area (Å²) in [7, 11) is 0. The predicted molar refractivity (Wildman–Crippen MR) is 116 cm³/mol. The molecular formula is C23H23F4N3O5. The lowest BCUT2D eigenvalue weighted by Crippen LogP contribution is -2.54. The average Bonchev–Trinajstić information content (AvgIpc) is 3.08. The summed E-state index contributed by atoms with van der Waals surface area (Å²) >= 11 is 0. The number of aryl methyl sites for hydroxylation is 1. The van der Waals surface area contributed by atoms with Gasteiger partial charge in [-0.05, 0) is 42.3 Å². The van der Waals surface area contributed by atoms with E-state index in [1.165, 1.54) is 36.4 Å². The van der Waals surface area contributed by atoms with Crippen LogP contribution in [0.3, 0.4) is 0 Å². The Morgan fingerprint density at radius 2 is 1.86 bits per heavy atom. The molecule has 0 radical (unpaired) electrons. The Labute approximate surface area is 197 Å². The molecule has 0 spiro atoms. The van der Waals surface area contributed by atoms with Crippen molar-refractivity contribution in [1.29, 1.82) is 0 Å². The van der Waals surface area contributed by atoms with Crippen LogP contribution >= 0.6 is 0 Å². The van der Waals surface area contributed by atoms with E-state index in [4.69, 9.17) is 9.84 Å². The van der Waals surface area contributed by atoms with E-state index in [2.05, 4.69) is 10.6 Å². The van der Waals surface area contributed by atoms with Gasteiger partial charge in [0.1, 0.15) is 30.3 Å². The lowest BCUT2D eigenvalue weighted by Gasteiger charge is -2.30. The quantitative estimate of drug-likeness (QED) is 0.383. The smallest absolute Gasteiger partial charge is 0.394 e. The van der Waals surface area contributed by atoms with E-state index in [9.17, 15) is 31.9 Å². The fraction of sp³-hybridized carbons (Fsp3) is 0.348.